The number of carbonyl (C=O) groups is 1. The van der Waals surface area contributed by atoms with E-state index in [0.717, 1.165) is 0 Å². The van der Waals surface area contributed by atoms with E-state index in [1.54, 1.807) is 20.1 Å². The molecule has 0 aromatic heterocycles. The van der Waals surface area contributed by atoms with Crippen LogP contribution in [0.25, 0.3) is 0 Å². The molecule has 0 radical (unpaired) electrons. The molecule has 7 heteroatoms. The van der Waals surface area contributed by atoms with Crippen molar-refractivity contribution in [3.8, 4) is 0 Å². The fourth-order valence-corrected chi connectivity index (χ4v) is 3.78. The van der Waals surface area contributed by atoms with Crippen LogP contribution in [0.4, 0.5) is 0 Å². The number of ether oxygens (including phenoxy) is 2. The monoisotopic (exact) mass is 295 g/mol. The van der Waals surface area contributed by atoms with E-state index in [2.05, 4.69) is 10.2 Å². The summed E-state index contributed by atoms with van der Waals surface area (Å²) in [6.07, 6.45) is 1.55. The number of hydrogen-bond acceptors (Lipinski definition) is 7. The molecule has 116 valence electrons. The average molecular weight is 295 g/mol. The Kier molecular flexibility index (Phi) is 3.38. The summed E-state index contributed by atoms with van der Waals surface area (Å²) in [6.45, 7) is 5.26. The molecule has 1 N–H and O–H groups in total. The summed E-state index contributed by atoms with van der Waals surface area (Å²) < 4.78 is 11.8. The van der Waals surface area contributed by atoms with Gasteiger partial charge in [0.15, 0.2) is 11.3 Å². The van der Waals surface area contributed by atoms with Crippen molar-refractivity contribution in [2.24, 2.45) is 16.1 Å². The minimum Gasteiger partial charge on any atom is -0.395 e. The van der Waals surface area contributed by atoms with Crippen LogP contribution in [-0.4, -0.2) is 66.6 Å². The highest BCUT2D eigenvalue weighted by atomic mass is 16.7. The Morgan fingerprint density at radius 1 is 1.62 bits per heavy atom. The Balaban J connectivity index is 2.12. The number of carbonyl (C=O) groups excluding carboxylic acids is 1. The maximum Gasteiger partial charge on any atom is 0.217 e. The quantitative estimate of drug-likeness (QED) is 0.812. The van der Waals surface area contributed by atoms with Crippen molar-refractivity contribution < 1.29 is 19.4 Å². The molecule has 0 saturated carbocycles. The van der Waals surface area contributed by atoms with Gasteiger partial charge in [-0.15, -0.1) is 0 Å². The van der Waals surface area contributed by atoms with E-state index in [9.17, 15) is 9.90 Å². The van der Waals surface area contributed by atoms with Crippen molar-refractivity contribution in [3.05, 3.63) is 11.8 Å². The standard InChI is InChI=1S/C14H21N3O4/c1-9-12-13(2,16-15-9)11(19)8-10-14(12,20-3)21-7-5-17(10)4-6-18/h8-9,12,18H,4-7H2,1-3H3/t9?,12-,13-,14+/m0/s1. The molecule has 0 amide bonds. The largest absolute Gasteiger partial charge is 0.395 e. The third-order valence-electron chi connectivity index (χ3n) is 4.76. The van der Waals surface area contributed by atoms with Gasteiger partial charge in [-0.05, 0) is 13.8 Å². The van der Waals surface area contributed by atoms with Gasteiger partial charge < -0.3 is 19.5 Å². The van der Waals surface area contributed by atoms with Crippen LogP contribution in [0.15, 0.2) is 22.0 Å². The number of fused-ring (bicyclic) bond motifs is 3. The van der Waals surface area contributed by atoms with E-state index < -0.39 is 11.3 Å². The summed E-state index contributed by atoms with van der Waals surface area (Å²) >= 11 is 0. The first-order valence-electron chi connectivity index (χ1n) is 7.23. The molecule has 7 nitrogen and oxygen atoms in total. The topological polar surface area (TPSA) is 83.7 Å². The minimum absolute atomic E-state index is 0.0115. The SMILES string of the molecule is CO[C@@]12OCCN(CCO)C1=CC(=O)[C@]1(C)N=NC(C)[C@H]21. The first kappa shape index (κ1) is 14.6. The molecule has 1 saturated heterocycles. The van der Waals surface area contributed by atoms with E-state index in [4.69, 9.17) is 9.47 Å². The van der Waals surface area contributed by atoms with Gasteiger partial charge in [-0.2, -0.15) is 10.2 Å². The number of azo groups is 1. The molecule has 1 fully saturated rings. The number of morpholine rings is 1. The Hall–Kier alpha value is -1.31. The minimum atomic E-state index is -1.03. The van der Waals surface area contributed by atoms with Crippen LogP contribution in [-0.2, 0) is 14.3 Å². The van der Waals surface area contributed by atoms with Crippen molar-refractivity contribution in [2.45, 2.75) is 31.2 Å². The maximum absolute atomic E-state index is 12.6. The van der Waals surface area contributed by atoms with Crippen LogP contribution < -0.4 is 0 Å². The van der Waals surface area contributed by atoms with E-state index in [1.165, 1.54) is 0 Å². The molecule has 0 aromatic carbocycles. The lowest BCUT2D eigenvalue weighted by molar-refractivity contribution is -0.267. The molecule has 1 aliphatic carbocycles. The van der Waals surface area contributed by atoms with Gasteiger partial charge >= 0.3 is 0 Å². The van der Waals surface area contributed by atoms with Gasteiger partial charge in [-0.3, -0.25) is 4.79 Å². The number of β-amino-alcohol motifs (C(OH)–C–C–N with tert-alkyl or cyclic N) is 1. The lowest BCUT2D eigenvalue weighted by Gasteiger charge is -2.52. The van der Waals surface area contributed by atoms with Gasteiger partial charge in [0.25, 0.3) is 0 Å². The molecular formula is C14H21N3O4. The van der Waals surface area contributed by atoms with Crippen molar-refractivity contribution in [2.75, 3.05) is 33.4 Å². The number of hydrogen-bond donors (Lipinski definition) is 1. The predicted molar refractivity (Wildman–Crippen MR) is 73.7 cm³/mol. The Labute approximate surface area is 123 Å². The van der Waals surface area contributed by atoms with Crippen molar-refractivity contribution in [3.63, 3.8) is 0 Å². The van der Waals surface area contributed by atoms with Gasteiger partial charge in [0.1, 0.15) is 0 Å². The van der Waals surface area contributed by atoms with E-state index in [1.807, 2.05) is 11.8 Å². The second-order valence-electron chi connectivity index (χ2n) is 5.91. The van der Waals surface area contributed by atoms with Gasteiger partial charge in [-0.1, -0.05) is 0 Å². The van der Waals surface area contributed by atoms with Gasteiger partial charge in [-0.25, -0.2) is 0 Å². The lowest BCUT2D eigenvalue weighted by atomic mass is 9.69. The highest BCUT2D eigenvalue weighted by molar-refractivity contribution is 6.00. The Morgan fingerprint density at radius 3 is 3.05 bits per heavy atom. The molecule has 3 rings (SSSR count). The Morgan fingerprint density at radius 2 is 2.38 bits per heavy atom. The fourth-order valence-electron chi connectivity index (χ4n) is 3.78. The second kappa shape index (κ2) is 4.86. The van der Waals surface area contributed by atoms with Crippen LogP contribution >= 0.6 is 0 Å². The molecule has 0 bridgehead atoms. The molecule has 3 aliphatic rings. The zero-order chi connectivity index (χ0) is 15.3. The second-order valence-corrected chi connectivity index (χ2v) is 5.91. The van der Waals surface area contributed by atoms with Crippen LogP contribution in [0, 0.1) is 5.92 Å². The number of nitrogens with zero attached hydrogens (tertiary/aromatic N) is 3. The summed E-state index contributed by atoms with van der Waals surface area (Å²) in [7, 11) is 1.58. The number of aliphatic hydroxyl groups excluding tert-OH is 1. The van der Waals surface area contributed by atoms with E-state index >= 15 is 0 Å². The van der Waals surface area contributed by atoms with Gasteiger partial charge in [0.05, 0.1) is 30.9 Å². The van der Waals surface area contributed by atoms with Gasteiger partial charge in [0, 0.05) is 26.3 Å². The smallest absolute Gasteiger partial charge is 0.217 e. The highest BCUT2D eigenvalue weighted by Crippen LogP contribution is 2.51. The molecule has 21 heavy (non-hydrogen) atoms. The Bertz CT molecular complexity index is 518. The van der Waals surface area contributed by atoms with Crippen molar-refractivity contribution in [1.29, 1.82) is 0 Å². The normalized spacial score (nSPS) is 41.8. The average Bonchev–Trinajstić information content (AvgIpc) is 2.79. The van der Waals surface area contributed by atoms with Crippen LogP contribution in [0.1, 0.15) is 13.8 Å². The number of rotatable bonds is 3. The highest BCUT2D eigenvalue weighted by Gasteiger charge is 2.65. The molecule has 2 heterocycles. The van der Waals surface area contributed by atoms with E-state index in [-0.39, 0.29) is 24.3 Å². The van der Waals surface area contributed by atoms with Gasteiger partial charge in [0.2, 0.25) is 5.79 Å². The maximum atomic E-state index is 12.6. The van der Waals surface area contributed by atoms with Crippen LogP contribution in [0.3, 0.4) is 0 Å². The first-order valence-corrected chi connectivity index (χ1v) is 7.23. The zero-order valence-electron chi connectivity index (χ0n) is 12.6. The summed E-state index contributed by atoms with van der Waals surface area (Å²) in [6, 6.07) is -0.170. The molecule has 2 aliphatic heterocycles. The molecule has 0 aromatic rings. The first-order chi connectivity index (χ1) is 9.99. The van der Waals surface area contributed by atoms with Crippen LogP contribution in [0.5, 0.6) is 0 Å². The number of aliphatic hydroxyl groups is 1. The number of methoxy groups -OCH3 is 1. The molecular weight excluding hydrogens is 274 g/mol. The molecule has 4 atom stereocenters. The summed E-state index contributed by atoms with van der Waals surface area (Å²) in [5.41, 5.74) is -0.266. The summed E-state index contributed by atoms with van der Waals surface area (Å²) in [4.78, 5) is 14.5. The van der Waals surface area contributed by atoms with Crippen LogP contribution in [0.2, 0.25) is 0 Å². The van der Waals surface area contributed by atoms with Crippen molar-refractivity contribution in [1.82, 2.24) is 4.90 Å². The molecule has 1 unspecified atom stereocenters. The zero-order valence-corrected chi connectivity index (χ0v) is 12.6. The third kappa shape index (κ3) is 1.81. The third-order valence-corrected chi connectivity index (χ3v) is 4.76. The summed E-state index contributed by atoms with van der Waals surface area (Å²) in [5.74, 6) is -1.42. The van der Waals surface area contributed by atoms with E-state index in [0.29, 0.717) is 25.4 Å². The molecule has 0 spiro atoms. The number of ketones is 1. The summed E-state index contributed by atoms with van der Waals surface area (Å²) in [5, 5.41) is 17.7. The van der Waals surface area contributed by atoms with Crippen molar-refractivity contribution >= 4 is 5.78 Å². The lowest BCUT2D eigenvalue weighted by Crippen LogP contribution is -2.65. The predicted octanol–water partition coefficient (Wildman–Crippen LogP) is 0.349. The fraction of sp³-hybridized carbons (Fsp3) is 0.786.